The summed E-state index contributed by atoms with van der Waals surface area (Å²) in [4.78, 5) is 0. The van der Waals surface area contributed by atoms with E-state index < -0.39 is 0 Å². The summed E-state index contributed by atoms with van der Waals surface area (Å²) in [6.45, 7) is 1.79. The molecule has 4 N–H and O–H groups in total. The molecule has 0 radical (unpaired) electrons. The second-order valence-corrected chi connectivity index (χ2v) is 4.73. The molecule has 7 heteroatoms. The van der Waals surface area contributed by atoms with Crippen molar-refractivity contribution in [3.8, 4) is 17.1 Å². The summed E-state index contributed by atoms with van der Waals surface area (Å²) in [5.41, 5.74) is 14.8. The van der Waals surface area contributed by atoms with Crippen molar-refractivity contribution >= 4 is 11.4 Å². The number of benzene rings is 2. The van der Waals surface area contributed by atoms with Gasteiger partial charge >= 0.3 is 0 Å². The van der Waals surface area contributed by atoms with E-state index in [0.29, 0.717) is 28.5 Å². The van der Waals surface area contributed by atoms with Crippen molar-refractivity contribution in [1.82, 2.24) is 20.2 Å². The van der Waals surface area contributed by atoms with E-state index in [-0.39, 0.29) is 5.82 Å². The number of hydrogen-bond acceptors (Lipinski definition) is 5. The maximum Gasteiger partial charge on any atom is 0.187 e. The number of hydrogen-bond donors (Lipinski definition) is 2. The lowest BCUT2D eigenvalue weighted by Crippen LogP contribution is -2.03. The van der Waals surface area contributed by atoms with Crippen LogP contribution in [0.2, 0.25) is 0 Å². The first-order valence-electron chi connectivity index (χ1n) is 6.26. The van der Waals surface area contributed by atoms with Gasteiger partial charge in [0.1, 0.15) is 5.82 Å². The Kier molecular flexibility index (Phi) is 3.02. The molecular weight excluding hydrogens is 271 g/mol. The molecule has 0 atom stereocenters. The van der Waals surface area contributed by atoms with Gasteiger partial charge in [-0.3, -0.25) is 0 Å². The first-order valence-corrected chi connectivity index (χ1v) is 6.26. The standard InChI is InChI=1S/C14H13FN6/c1-8-4-10(15)2-3-13(8)21-14(18-19-20-21)9-5-11(16)7-12(17)6-9/h2-7H,16-17H2,1H3. The molecule has 0 amide bonds. The number of nitrogen functional groups attached to an aromatic ring is 2. The maximum absolute atomic E-state index is 13.2. The van der Waals surface area contributed by atoms with Crippen LogP contribution in [-0.4, -0.2) is 20.2 Å². The monoisotopic (exact) mass is 284 g/mol. The van der Waals surface area contributed by atoms with Crippen LogP contribution in [0.25, 0.3) is 17.1 Å². The summed E-state index contributed by atoms with van der Waals surface area (Å²) >= 11 is 0. The molecule has 0 saturated carbocycles. The van der Waals surface area contributed by atoms with E-state index in [2.05, 4.69) is 15.5 Å². The Balaban J connectivity index is 2.17. The van der Waals surface area contributed by atoms with Gasteiger partial charge in [0.25, 0.3) is 0 Å². The van der Waals surface area contributed by atoms with Crippen LogP contribution in [0, 0.1) is 12.7 Å². The molecule has 0 unspecified atom stereocenters. The number of rotatable bonds is 2. The largest absolute Gasteiger partial charge is 0.399 e. The molecule has 0 aliphatic heterocycles. The molecule has 3 rings (SSSR count). The highest BCUT2D eigenvalue weighted by Gasteiger charge is 2.13. The van der Waals surface area contributed by atoms with Crippen molar-refractivity contribution in [1.29, 1.82) is 0 Å². The SMILES string of the molecule is Cc1cc(F)ccc1-n1nnnc1-c1cc(N)cc(N)c1. The molecule has 21 heavy (non-hydrogen) atoms. The Morgan fingerprint density at radius 3 is 2.43 bits per heavy atom. The normalized spacial score (nSPS) is 10.8. The van der Waals surface area contributed by atoms with Crippen LogP contribution in [0.4, 0.5) is 15.8 Å². The van der Waals surface area contributed by atoms with Gasteiger partial charge in [-0.1, -0.05) is 0 Å². The predicted molar refractivity (Wildman–Crippen MR) is 78.1 cm³/mol. The molecule has 0 fully saturated rings. The Morgan fingerprint density at radius 2 is 1.76 bits per heavy atom. The molecular formula is C14H13FN6. The summed E-state index contributed by atoms with van der Waals surface area (Å²) in [5, 5.41) is 11.7. The number of tetrazole rings is 1. The number of nitrogens with two attached hydrogens (primary N) is 2. The van der Waals surface area contributed by atoms with Crippen LogP contribution < -0.4 is 11.5 Å². The third-order valence-electron chi connectivity index (χ3n) is 3.09. The topological polar surface area (TPSA) is 95.6 Å². The Labute approximate surface area is 120 Å². The van der Waals surface area contributed by atoms with Gasteiger partial charge in [-0.15, -0.1) is 5.10 Å². The zero-order valence-electron chi connectivity index (χ0n) is 11.3. The fraction of sp³-hybridized carbons (Fsp3) is 0.0714. The van der Waals surface area contributed by atoms with Crippen molar-refractivity contribution in [2.75, 3.05) is 11.5 Å². The van der Waals surface area contributed by atoms with E-state index in [1.165, 1.54) is 16.8 Å². The first-order chi connectivity index (χ1) is 10.0. The molecule has 0 aliphatic carbocycles. The van der Waals surface area contributed by atoms with Crippen molar-refractivity contribution in [2.45, 2.75) is 6.92 Å². The lowest BCUT2D eigenvalue weighted by Gasteiger charge is -2.09. The zero-order chi connectivity index (χ0) is 15.0. The molecule has 0 spiro atoms. The van der Waals surface area contributed by atoms with Crippen LogP contribution in [0.5, 0.6) is 0 Å². The summed E-state index contributed by atoms with van der Waals surface area (Å²) in [6, 6.07) is 9.53. The minimum absolute atomic E-state index is 0.306. The molecule has 1 aromatic heterocycles. The van der Waals surface area contributed by atoms with Crippen molar-refractivity contribution in [2.24, 2.45) is 0 Å². The molecule has 6 nitrogen and oxygen atoms in total. The maximum atomic E-state index is 13.2. The quantitative estimate of drug-likeness (QED) is 0.701. The van der Waals surface area contributed by atoms with E-state index in [1.807, 2.05) is 0 Å². The lowest BCUT2D eigenvalue weighted by molar-refractivity contribution is 0.625. The van der Waals surface area contributed by atoms with Gasteiger partial charge in [0.2, 0.25) is 0 Å². The van der Waals surface area contributed by atoms with Gasteiger partial charge in [-0.2, -0.15) is 4.68 Å². The lowest BCUT2D eigenvalue weighted by atomic mass is 10.1. The summed E-state index contributed by atoms with van der Waals surface area (Å²) in [6.07, 6.45) is 0. The second-order valence-electron chi connectivity index (χ2n) is 4.73. The van der Waals surface area contributed by atoms with Crippen LogP contribution >= 0.6 is 0 Å². The third-order valence-corrected chi connectivity index (χ3v) is 3.09. The molecule has 1 heterocycles. The predicted octanol–water partition coefficient (Wildman–Crippen LogP) is 1.94. The first kappa shape index (κ1) is 13.0. The second kappa shape index (κ2) is 4.86. The molecule has 0 bridgehead atoms. The van der Waals surface area contributed by atoms with Crippen molar-refractivity contribution in [3.63, 3.8) is 0 Å². The summed E-state index contributed by atoms with van der Waals surface area (Å²) in [5.74, 6) is 0.183. The Hall–Kier alpha value is -2.96. The number of aromatic nitrogens is 4. The summed E-state index contributed by atoms with van der Waals surface area (Å²) < 4.78 is 14.8. The fourth-order valence-corrected chi connectivity index (χ4v) is 2.19. The number of anilines is 2. The zero-order valence-corrected chi connectivity index (χ0v) is 11.3. The number of nitrogens with zero attached hydrogens (tertiary/aromatic N) is 4. The Bertz CT molecular complexity index is 791. The van der Waals surface area contributed by atoms with Gasteiger partial charge < -0.3 is 11.5 Å². The van der Waals surface area contributed by atoms with Crippen molar-refractivity contribution < 1.29 is 4.39 Å². The van der Waals surface area contributed by atoms with Crippen molar-refractivity contribution in [3.05, 3.63) is 47.8 Å². The highest BCUT2D eigenvalue weighted by atomic mass is 19.1. The van der Waals surface area contributed by atoms with E-state index in [9.17, 15) is 4.39 Å². The third kappa shape index (κ3) is 2.40. The van der Waals surface area contributed by atoms with E-state index in [0.717, 1.165) is 5.56 Å². The minimum Gasteiger partial charge on any atom is -0.399 e. The molecule has 3 aromatic rings. The van der Waals surface area contributed by atoms with E-state index >= 15 is 0 Å². The van der Waals surface area contributed by atoms with Crippen LogP contribution in [-0.2, 0) is 0 Å². The van der Waals surface area contributed by atoms with Crippen LogP contribution in [0.15, 0.2) is 36.4 Å². The summed E-state index contributed by atoms with van der Waals surface area (Å²) in [7, 11) is 0. The van der Waals surface area contributed by atoms with E-state index in [4.69, 9.17) is 11.5 Å². The van der Waals surface area contributed by atoms with Gasteiger partial charge in [-0.25, -0.2) is 4.39 Å². The van der Waals surface area contributed by atoms with Gasteiger partial charge in [-0.05, 0) is 59.3 Å². The average molecular weight is 284 g/mol. The number of halogens is 1. The molecule has 0 saturated heterocycles. The van der Waals surface area contributed by atoms with Gasteiger partial charge in [0.15, 0.2) is 5.82 Å². The van der Waals surface area contributed by atoms with Crippen LogP contribution in [0.1, 0.15) is 5.56 Å². The molecule has 106 valence electrons. The smallest absolute Gasteiger partial charge is 0.187 e. The highest BCUT2D eigenvalue weighted by molar-refractivity contribution is 5.69. The number of aryl methyl sites for hydroxylation is 1. The Morgan fingerprint density at radius 1 is 1.05 bits per heavy atom. The molecule has 0 aliphatic rings. The van der Waals surface area contributed by atoms with Gasteiger partial charge in [0.05, 0.1) is 5.69 Å². The fourth-order valence-electron chi connectivity index (χ4n) is 2.19. The van der Waals surface area contributed by atoms with E-state index in [1.54, 1.807) is 31.2 Å². The molecule has 2 aromatic carbocycles. The highest BCUT2D eigenvalue weighted by Crippen LogP contribution is 2.25. The average Bonchev–Trinajstić information content (AvgIpc) is 2.86. The minimum atomic E-state index is -0.306. The van der Waals surface area contributed by atoms with Gasteiger partial charge in [0, 0.05) is 16.9 Å². The van der Waals surface area contributed by atoms with Crippen LogP contribution in [0.3, 0.4) is 0 Å².